The molecule has 0 atom stereocenters. The van der Waals surface area contributed by atoms with Crippen molar-refractivity contribution in [2.45, 2.75) is 51.9 Å². The van der Waals surface area contributed by atoms with Crippen LogP contribution in [0.4, 0.5) is 11.4 Å². The number of nitro groups is 1. The molecule has 25 heavy (non-hydrogen) atoms. The number of nitrogens with one attached hydrogen (secondary N) is 1. The molecule has 1 N–H and O–H groups in total. The fraction of sp³-hybridized carbons (Fsp3) is 0.526. The van der Waals surface area contributed by atoms with Gasteiger partial charge in [0.1, 0.15) is 11.4 Å². The quantitative estimate of drug-likeness (QED) is 0.349. The van der Waals surface area contributed by atoms with Gasteiger partial charge in [-0.15, -0.1) is 0 Å². The Morgan fingerprint density at radius 2 is 2.08 bits per heavy atom. The average Bonchev–Trinajstić information content (AvgIpc) is 3.07. The minimum Gasteiger partial charge on any atom is -0.379 e. The Bertz CT molecular complexity index is 773. The lowest BCUT2D eigenvalue weighted by Crippen LogP contribution is -2.08. The van der Waals surface area contributed by atoms with E-state index in [1.807, 2.05) is 18.2 Å². The van der Waals surface area contributed by atoms with Gasteiger partial charge in [0.25, 0.3) is 0 Å². The van der Waals surface area contributed by atoms with Crippen molar-refractivity contribution in [2.75, 3.05) is 11.9 Å². The first-order valence-electron chi connectivity index (χ1n) is 9.04. The van der Waals surface area contributed by atoms with Crippen LogP contribution >= 0.6 is 15.9 Å². The molecule has 0 unspecified atom stereocenters. The number of unbranched alkanes of at least 4 members (excludes halogenated alkanes) is 1. The van der Waals surface area contributed by atoms with E-state index in [2.05, 4.69) is 26.2 Å². The minimum absolute atomic E-state index is 0.0846. The number of nitrogens with zero attached hydrogens (tertiary/aromatic N) is 2. The fourth-order valence-corrected chi connectivity index (χ4v) is 4.18. The van der Waals surface area contributed by atoms with E-state index in [0.717, 1.165) is 34.3 Å². The van der Waals surface area contributed by atoms with Crippen molar-refractivity contribution < 1.29 is 4.92 Å². The van der Waals surface area contributed by atoms with Crippen molar-refractivity contribution in [3.63, 3.8) is 0 Å². The monoisotopic (exact) mass is 405 g/mol. The third-order valence-electron chi connectivity index (χ3n) is 5.09. The highest BCUT2D eigenvalue weighted by Crippen LogP contribution is 2.36. The second-order valence-electron chi connectivity index (χ2n) is 6.91. The standard InChI is InChI=1S/C19H24BrN3O2/c1-13-19(23(24)25)18(16-12-15(20)9-10-17(16)22-13)21-11-5-4-8-14-6-2-3-7-14/h9-10,12,14H,2-8,11H2,1H3,(H,21,22). The third-order valence-corrected chi connectivity index (χ3v) is 5.59. The molecular formula is C19H24BrN3O2. The van der Waals surface area contributed by atoms with E-state index in [9.17, 15) is 10.1 Å². The number of hydrogen-bond acceptors (Lipinski definition) is 4. The van der Waals surface area contributed by atoms with Gasteiger partial charge in [-0.2, -0.15) is 0 Å². The van der Waals surface area contributed by atoms with Crippen LogP contribution in [0.5, 0.6) is 0 Å². The van der Waals surface area contributed by atoms with Gasteiger partial charge in [-0.25, -0.2) is 4.98 Å². The van der Waals surface area contributed by atoms with Gasteiger partial charge >= 0.3 is 5.69 Å². The Hall–Kier alpha value is -1.69. The summed E-state index contributed by atoms with van der Waals surface area (Å²) in [6.07, 6.45) is 9.01. The Morgan fingerprint density at radius 3 is 2.80 bits per heavy atom. The molecule has 134 valence electrons. The van der Waals surface area contributed by atoms with Gasteiger partial charge in [0.05, 0.1) is 10.4 Å². The number of rotatable bonds is 7. The summed E-state index contributed by atoms with van der Waals surface area (Å²) in [6.45, 7) is 2.45. The Balaban J connectivity index is 1.74. The highest BCUT2D eigenvalue weighted by molar-refractivity contribution is 9.10. The first-order chi connectivity index (χ1) is 12.1. The number of aromatic nitrogens is 1. The van der Waals surface area contributed by atoms with E-state index in [0.29, 0.717) is 11.4 Å². The van der Waals surface area contributed by atoms with E-state index in [1.165, 1.54) is 38.5 Å². The maximum atomic E-state index is 11.5. The molecule has 0 radical (unpaired) electrons. The number of halogens is 1. The molecule has 0 amide bonds. The van der Waals surface area contributed by atoms with Crippen LogP contribution in [0.25, 0.3) is 10.9 Å². The smallest absolute Gasteiger partial charge is 0.313 e. The molecule has 3 rings (SSSR count). The lowest BCUT2D eigenvalue weighted by atomic mass is 10.0. The molecule has 0 bridgehead atoms. The van der Waals surface area contributed by atoms with E-state index in [-0.39, 0.29) is 10.6 Å². The number of aryl methyl sites for hydroxylation is 1. The molecule has 1 aromatic carbocycles. The number of anilines is 1. The average molecular weight is 406 g/mol. The van der Waals surface area contributed by atoms with Crippen molar-refractivity contribution in [2.24, 2.45) is 5.92 Å². The maximum Gasteiger partial charge on any atom is 0.313 e. The number of hydrogen-bond donors (Lipinski definition) is 1. The lowest BCUT2D eigenvalue weighted by Gasteiger charge is -2.13. The van der Waals surface area contributed by atoms with E-state index >= 15 is 0 Å². The van der Waals surface area contributed by atoms with Crippen LogP contribution in [0.2, 0.25) is 0 Å². The van der Waals surface area contributed by atoms with Gasteiger partial charge in [-0.05, 0) is 37.5 Å². The zero-order valence-electron chi connectivity index (χ0n) is 14.6. The fourth-order valence-electron chi connectivity index (χ4n) is 3.82. The molecule has 1 aromatic heterocycles. The van der Waals surface area contributed by atoms with Crippen molar-refractivity contribution >= 4 is 38.2 Å². The highest BCUT2D eigenvalue weighted by atomic mass is 79.9. The zero-order valence-corrected chi connectivity index (χ0v) is 16.1. The van der Waals surface area contributed by atoms with E-state index < -0.39 is 0 Å². The summed E-state index contributed by atoms with van der Waals surface area (Å²) in [6, 6.07) is 5.70. The summed E-state index contributed by atoms with van der Waals surface area (Å²) >= 11 is 3.45. The SMILES string of the molecule is Cc1nc2ccc(Br)cc2c(NCCCCC2CCCC2)c1[N+](=O)[O-]. The van der Waals surface area contributed by atoms with Crippen LogP contribution in [-0.4, -0.2) is 16.5 Å². The molecule has 0 saturated heterocycles. The second kappa shape index (κ2) is 8.13. The molecule has 0 aliphatic heterocycles. The largest absolute Gasteiger partial charge is 0.379 e. The summed E-state index contributed by atoms with van der Waals surface area (Å²) in [4.78, 5) is 15.6. The van der Waals surface area contributed by atoms with Crippen LogP contribution in [0.1, 0.15) is 50.6 Å². The molecule has 6 heteroatoms. The van der Waals surface area contributed by atoms with Crippen molar-refractivity contribution in [1.29, 1.82) is 0 Å². The predicted octanol–water partition coefficient (Wildman–Crippen LogP) is 5.99. The molecule has 1 aliphatic carbocycles. The number of pyridine rings is 1. The Kier molecular flexibility index (Phi) is 5.89. The molecule has 1 aliphatic rings. The predicted molar refractivity (Wildman–Crippen MR) is 105 cm³/mol. The molecule has 2 aromatic rings. The summed E-state index contributed by atoms with van der Waals surface area (Å²) in [5.41, 5.74) is 1.91. The molecule has 1 saturated carbocycles. The number of fused-ring (bicyclic) bond motifs is 1. The minimum atomic E-state index is -0.330. The lowest BCUT2D eigenvalue weighted by molar-refractivity contribution is -0.384. The van der Waals surface area contributed by atoms with Gasteiger partial charge in [-0.3, -0.25) is 10.1 Å². The van der Waals surface area contributed by atoms with Crippen LogP contribution in [-0.2, 0) is 0 Å². The molecule has 1 heterocycles. The van der Waals surface area contributed by atoms with Crippen molar-refractivity contribution in [3.8, 4) is 0 Å². The van der Waals surface area contributed by atoms with Gasteiger partial charge < -0.3 is 5.32 Å². The van der Waals surface area contributed by atoms with Crippen LogP contribution in [0.3, 0.4) is 0 Å². The van der Waals surface area contributed by atoms with Gasteiger partial charge in [0.15, 0.2) is 0 Å². The van der Waals surface area contributed by atoms with E-state index in [1.54, 1.807) is 6.92 Å². The Labute approximate surface area is 156 Å². The summed E-state index contributed by atoms with van der Waals surface area (Å²) in [5, 5.41) is 15.7. The maximum absolute atomic E-state index is 11.5. The third kappa shape index (κ3) is 4.29. The van der Waals surface area contributed by atoms with Gasteiger partial charge in [0, 0.05) is 16.4 Å². The summed E-state index contributed by atoms with van der Waals surface area (Å²) in [5.74, 6) is 0.897. The van der Waals surface area contributed by atoms with Crippen molar-refractivity contribution in [1.82, 2.24) is 4.98 Å². The van der Waals surface area contributed by atoms with Gasteiger partial charge in [0.2, 0.25) is 0 Å². The normalized spacial score (nSPS) is 15.0. The zero-order chi connectivity index (χ0) is 17.8. The molecule has 0 spiro atoms. The first-order valence-corrected chi connectivity index (χ1v) is 9.83. The number of benzene rings is 1. The Morgan fingerprint density at radius 1 is 1.32 bits per heavy atom. The summed E-state index contributed by atoms with van der Waals surface area (Å²) < 4.78 is 0.893. The second-order valence-corrected chi connectivity index (χ2v) is 7.83. The molecule has 1 fully saturated rings. The summed E-state index contributed by atoms with van der Waals surface area (Å²) in [7, 11) is 0. The van der Waals surface area contributed by atoms with Crippen molar-refractivity contribution in [3.05, 3.63) is 38.5 Å². The van der Waals surface area contributed by atoms with Crippen LogP contribution in [0.15, 0.2) is 22.7 Å². The highest BCUT2D eigenvalue weighted by Gasteiger charge is 2.22. The topological polar surface area (TPSA) is 68.1 Å². The van der Waals surface area contributed by atoms with Crippen LogP contribution < -0.4 is 5.32 Å². The first kappa shape index (κ1) is 18.1. The van der Waals surface area contributed by atoms with Gasteiger partial charge in [-0.1, -0.05) is 54.5 Å². The van der Waals surface area contributed by atoms with Crippen LogP contribution in [0, 0.1) is 23.0 Å². The van der Waals surface area contributed by atoms with E-state index in [4.69, 9.17) is 0 Å². The molecular weight excluding hydrogens is 382 g/mol. The molecule has 5 nitrogen and oxygen atoms in total.